The van der Waals surface area contributed by atoms with Crippen LogP contribution in [0.4, 0.5) is 5.13 Å². The van der Waals surface area contributed by atoms with E-state index in [9.17, 15) is 9.59 Å². The number of rotatable bonds is 4. The number of hydrogen-bond acceptors (Lipinski definition) is 7. The van der Waals surface area contributed by atoms with Crippen LogP contribution in [0.3, 0.4) is 0 Å². The third kappa shape index (κ3) is 3.10. The summed E-state index contributed by atoms with van der Waals surface area (Å²) in [5.74, 6) is 0.249. The van der Waals surface area contributed by atoms with Crippen LogP contribution in [0.25, 0.3) is 11.0 Å². The predicted octanol–water partition coefficient (Wildman–Crippen LogP) is 4.62. The number of methoxy groups -OCH3 is 1. The monoisotopic (exact) mass is 453 g/mol. The molecule has 1 unspecified atom stereocenters. The summed E-state index contributed by atoms with van der Waals surface area (Å²) in [6, 6.07) is 11.3. The molecule has 1 amide bonds. The van der Waals surface area contributed by atoms with Crippen LogP contribution in [0.15, 0.2) is 51.7 Å². The summed E-state index contributed by atoms with van der Waals surface area (Å²) in [5.41, 5.74) is 1.01. The maximum Gasteiger partial charge on any atom is 0.297 e. The first kappa shape index (κ1) is 19.7. The second-order valence-electron chi connectivity index (χ2n) is 7.00. The van der Waals surface area contributed by atoms with E-state index in [0.717, 1.165) is 10.6 Å². The van der Waals surface area contributed by atoms with Crippen molar-refractivity contribution in [3.8, 4) is 5.75 Å². The molecule has 5 rings (SSSR count). The van der Waals surface area contributed by atoms with Crippen molar-refractivity contribution in [1.29, 1.82) is 0 Å². The number of hydrogen-bond donors (Lipinski definition) is 0. The number of aromatic nitrogens is 2. The molecule has 0 spiro atoms. The number of aryl methyl sites for hydroxylation is 1. The molecular formula is C22H16ClN3O4S. The molecule has 0 aliphatic carbocycles. The smallest absolute Gasteiger partial charge is 0.297 e. The predicted molar refractivity (Wildman–Crippen MR) is 118 cm³/mol. The zero-order valence-electron chi connectivity index (χ0n) is 16.6. The Morgan fingerprint density at radius 1 is 1.16 bits per heavy atom. The lowest BCUT2D eigenvalue weighted by atomic mass is 9.98. The second-order valence-corrected chi connectivity index (χ2v) is 8.47. The van der Waals surface area contributed by atoms with Crippen molar-refractivity contribution < 1.29 is 13.9 Å². The van der Waals surface area contributed by atoms with E-state index in [2.05, 4.69) is 10.2 Å². The first-order valence-corrected chi connectivity index (χ1v) is 10.8. The maximum absolute atomic E-state index is 13.5. The fourth-order valence-corrected chi connectivity index (χ4v) is 4.71. The fourth-order valence-electron chi connectivity index (χ4n) is 3.73. The van der Waals surface area contributed by atoms with Gasteiger partial charge in [-0.15, -0.1) is 10.2 Å². The zero-order chi connectivity index (χ0) is 21.7. The van der Waals surface area contributed by atoms with Gasteiger partial charge in [-0.25, -0.2) is 0 Å². The molecule has 31 heavy (non-hydrogen) atoms. The number of carbonyl (C=O) groups is 1. The fraction of sp³-hybridized carbons (Fsp3) is 0.182. The van der Waals surface area contributed by atoms with Gasteiger partial charge in [-0.05, 0) is 42.3 Å². The van der Waals surface area contributed by atoms with Crippen molar-refractivity contribution in [3.63, 3.8) is 0 Å². The summed E-state index contributed by atoms with van der Waals surface area (Å²) >= 11 is 7.43. The number of carbonyl (C=O) groups excluding carboxylic acids is 1. The lowest BCUT2D eigenvalue weighted by Crippen LogP contribution is -2.29. The highest BCUT2D eigenvalue weighted by molar-refractivity contribution is 7.15. The Kier molecular flexibility index (Phi) is 4.75. The van der Waals surface area contributed by atoms with Gasteiger partial charge in [-0.1, -0.05) is 42.0 Å². The number of fused-ring (bicyclic) bond motifs is 2. The van der Waals surface area contributed by atoms with Gasteiger partial charge in [0.2, 0.25) is 10.9 Å². The van der Waals surface area contributed by atoms with E-state index in [1.807, 2.05) is 19.1 Å². The minimum atomic E-state index is -0.703. The van der Waals surface area contributed by atoms with Gasteiger partial charge in [0, 0.05) is 5.02 Å². The molecule has 156 valence electrons. The van der Waals surface area contributed by atoms with Gasteiger partial charge in [0.05, 0.1) is 24.1 Å². The standard InChI is InChI=1S/C22H16ClN3O4S/c1-3-16-24-25-22(31-16)26-18(11-4-7-13(29-2)8-5-11)17-19(27)14-10-12(23)6-9-15(14)30-20(17)21(26)28/h4-10,18H,3H2,1-2H3. The number of nitrogens with zero attached hydrogens (tertiary/aromatic N) is 3. The highest BCUT2D eigenvalue weighted by Gasteiger charge is 2.45. The molecular weight excluding hydrogens is 438 g/mol. The molecule has 0 saturated heterocycles. The third-order valence-corrected chi connectivity index (χ3v) is 6.53. The number of ether oxygens (including phenoxy) is 1. The Balaban J connectivity index is 1.78. The number of anilines is 1. The van der Waals surface area contributed by atoms with Crippen LogP contribution in [0.1, 0.15) is 39.7 Å². The topological polar surface area (TPSA) is 85.5 Å². The van der Waals surface area contributed by atoms with Crippen molar-refractivity contribution in [2.45, 2.75) is 19.4 Å². The van der Waals surface area contributed by atoms with Crippen LogP contribution in [0.2, 0.25) is 5.02 Å². The molecule has 1 atom stereocenters. The molecule has 9 heteroatoms. The van der Waals surface area contributed by atoms with Gasteiger partial charge < -0.3 is 9.15 Å². The molecule has 0 saturated carbocycles. The minimum Gasteiger partial charge on any atom is -0.497 e. The SMILES string of the molecule is CCc1nnc(N2C(=O)c3oc4ccc(Cl)cc4c(=O)c3C2c2ccc(OC)cc2)s1. The molecule has 0 bridgehead atoms. The molecule has 0 fully saturated rings. The van der Waals surface area contributed by atoms with Crippen LogP contribution in [0, 0.1) is 0 Å². The Hall–Kier alpha value is -3.23. The summed E-state index contributed by atoms with van der Waals surface area (Å²) in [7, 11) is 1.58. The van der Waals surface area contributed by atoms with Crippen molar-refractivity contribution in [1.82, 2.24) is 10.2 Å². The third-order valence-electron chi connectivity index (χ3n) is 5.23. The summed E-state index contributed by atoms with van der Waals surface area (Å²) in [4.78, 5) is 28.4. The summed E-state index contributed by atoms with van der Waals surface area (Å²) in [6.45, 7) is 1.97. The molecule has 2 aromatic heterocycles. The van der Waals surface area contributed by atoms with E-state index < -0.39 is 11.9 Å². The summed E-state index contributed by atoms with van der Waals surface area (Å²) < 4.78 is 11.2. The highest BCUT2D eigenvalue weighted by atomic mass is 35.5. The van der Waals surface area contributed by atoms with Crippen LogP contribution in [0.5, 0.6) is 5.75 Å². The summed E-state index contributed by atoms with van der Waals surface area (Å²) in [6.07, 6.45) is 0.694. The molecule has 7 nitrogen and oxygen atoms in total. The number of amides is 1. The molecule has 0 N–H and O–H groups in total. The second kappa shape index (κ2) is 7.47. The quantitative estimate of drug-likeness (QED) is 0.448. The van der Waals surface area contributed by atoms with Crippen molar-refractivity contribution in [3.05, 3.63) is 79.6 Å². The van der Waals surface area contributed by atoms with Gasteiger partial charge in [-0.2, -0.15) is 0 Å². The first-order valence-electron chi connectivity index (χ1n) is 9.58. The van der Waals surface area contributed by atoms with Gasteiger partial charge >= 0.3 is 0 Å². The van der Waals surface area contributed by atoms with E-state index in [4.69, 9.17) is 20.8 Å². The number of benzene rings is 2. The summed E-state index contributed by atoms with van der Waals surface area (Å²) in [5, 5.41) is 10.3. The lowest BCUT2D eigenvalue weighted by Gasteiger charge is -2.22. The van der Waals surface area contributed by atoms with Crippen molar-refractivity contribution in [2.75, 3.05) is 12.0 Å². The minimum absolute atomic E-state index is 0.00823. The molecule has 4 aromatic rings. The highest BCUT2D eigenvalue weighted by Crippen LogP contribution is 2.42. The Labute approximate surface area is 185 Å². The normalized spacial score (nSPS) is 15.5. The van der Waals surface area contributed by atoms with Crippen LogP contribution < -0.4 is 15.1 Å². The molecule has 0 radical (unpaired) electrons. The van der Waals surface area contributed by atoms with Crippen molar-refractivity contribution >= 4 is 44.9 Å². The average molecular weight is 454 g/mol. The Bertz CT molecular complexity index is 1380. The van der Waals surface area contributed by atoms with Crippen LogP contribution in [-0.2, 0) is 6.42 Å². The van der Waals surface area contributed by atoms with E-state index >= 15 is 0 Å². The molecule has 3 heterocycles. The zero-order valence-corrected chi connectivity index (χ0v) is 18.2. The lowest BCUT2D eigenvalue weighted by molar-refractivity contribution is 0.0970. The van der Waals surface area contributed by atoms with Crippen LogP contribution >= 0.6 is 22.9 Å². The van der Waals surface area contributed by atoms with E-state index in [-0.39, 0.29) is 16.8 Å². The van der Waals surface area contributed by atoms with Gasteiger partial charge in [0.25, 0.3) is 5.91 Å². The Morgan fingerprint density at radius 3 is 2.61 bits per heavy atom. The Morgan fingerprint density at radius 2 is 1.94 bits per heavy atom. The molecule has 2 aromatic carbocycles. The van der Waals surface area contributed by atoms with Gasteiger partial charge in [0.15, 0.2) is 5.43 Å². The van der Waals surface area contributed by atoms with E-state index in [0.29, 0.717) is 33.3 Å². The molecule has 1 aliphatic heterocycles. The van der Waals surface area contributed by atoms with Crippen molar-refractivity contribution in [2.24, 2.45) is 0 Å². The van der Waals surface area contributed by atoms with E-state index in [1.165, 1.54) is 16.2 Å². The number of halogens is 1. The van der Waals surface area contributed by atoms with Gasteiger partial charge in [0.1, 0.15) is 16.3 Å². The first-order chi connectivity index (χ1) is 15.0. The average Bonchev–Trinajstić information content (AvgIpc) is 3.37. The molecule has 1 aliphatic rings. The maximum atomic E-state index is 13.5. The van der Waals surface area contributed by atoms with Crippen LogP contribution in [-0.4, -0.2) is 23.2 Å². The van der Waals surface area contributed by atoms with E-state index in [1.54, 1.807) is 37.4 Å². The van der Waals surface area contributed by atoms with Gasteiger partial charge in [-0.3, -0.25) is 14.5 Å². The largest absolute Gasteiger partial charge is 0.497 e.